The second-order valence-corrected chi connectivity index (χ2v) is 4.84. The molecule has 0 fully saturated rings. The first-order valence-corrected chi connectivity index (χ1v) is 6.29. The van der Waals surface area contributed by atoms with Crippen molar-refractivity contribution in [3.8, 4) is 5.75 Å². The Morgan fingerprint density at radius 2 is 1.58 bits per heavy atom. The molecule has 0 aliphatic heterocycles. The standard InChI is InChI=1S/C17H18O2/c1-11-6-5-7-14(8-11)16(18)15-9-12(2)17(19-4)13(3)10-15/h5-10H,1-4H3. The molecule has 0 unspecified atom stereocenters. The molecule has 0 saturated carbocycles. The molecule has 0 heterocycles. The highest BCUT2D eigenvalue weighted by molar-refractivity contribution is 6.09. The molecule has 0 amide bonds. The van der Waals surface area contributed by atoms with Crippen LogP contribution in [0.4, 0.5) is 0 Å². The van der Waals surface area contributed by atoms with E-state index in [-0.39, 0.29) is 5.78 Å². The van der Waals surface area contributed by atoms with E-state index in [2.05, 4.69) is 0 Å². The molecular formula is C17H18O2. The lowest BCUT2D eigenvalue weighted by atomic mass is 9.98. The molecule has 2 rings (SSSR count). The van der Waals surface area contributed by atoms with Gasteiger partial charge < -0.3 is 4.74 Å². The molecule has 98 valence electrons. The molecule has 2 aromatic carbocycles. The largest absolute Gasteiger partial charge is 0.496 e. The molecular weight excluding hydrogens is 236 g/mol. The third kappa shape index (κ3) is 2.68. The van der Waals surface area contributed by atoms with E-state index in [9.17, 15) is 4.79 Å². The van der Waals surface area contributed by atoms with Crippen molar-refractivity contribution in [3.63, 3.8) is 0 Å². The molecule has 0 saturated heterocycles. The highest BCUT2D eigenvalue weighted by Crippen LogP contribution is 2.25. The number of benzene rings is 2. The molecule has 2 aromatic rings. The van der Waals surface area contributed by atoms with Gasteiger partial charge in [-0.15, -0.1) is 0 Å². The molecule has 2 heteroatoms. The van der Waals surface area contributed by atoms with Crippen molar-refractivity contribution < 1.29 is 9.53 Å². The van der Waals surface area contributed by atoms with Crippen LogP contribution in [0.5, 0.6) is 5.75 Å². The number of carbonyl (C=O) groups excluding carboxylic acids is 1. The van der Waals surface area contributed by atoms with Gasteiger partial charge in [0.15, 0.2) is 5.78 Å². The number of ether oxygens (including phenoxy) is 1. The van der Waals surface area contributed by atoms with Crippen LogP contribution in [0.25, 0.3) is 0 Å². The number of hydrogen-bond donors (Lipinski definition) is 0. The van der Waals surface area contributed by atoms with Gasteiger partial charge in [0, 0.05) is 11.1 Å². The summed E-state index contributed by atoms with van der Waals surface area (Å²) in [6, 6.07) is 11.4. The predicted molar refractivity (Wildman–Crippen MR) is 77.1 cm³/mol. The summed E-state index contributed by atoms with van der Waals surface area (Å²) in [4.78, 5) is 12.5. The van der Waals surface area contributed by atoms with E-state index in [1.54, 1.807) is 7.11 Å². The van der Waals surface area contributed by atoms with Crippen molar-refractivity contribution >= 4 is 5.78 Å². The van der Waals surface area contributed by atoms with Gasteiger partial charge in [0.05, 0.1) is 7.11 Å². The van der Waals surface area contributed by atoms with Gasteiger partial charge in [0.2, 0.25) is 0 Å². The molecule has 0 radical (unpaired) electrons. The van der Waals surface area contributed by atoms with E-state index in [0.29, 0.717) is 5.56 Å². The first-order chi connectivity index (χ1) is 9.02. The number of carbonyl (C=O) groups is 1. The maximum atomic E-state index is 12.5. The van der Waals surface area contributed by atoms with E-state index in [4.69, 9.17) is 4.74 Å². The van der Waals surface area contributed by atoms with Gasteiger partial charge in [-0.3, -0.25) is 4.79 Å². The SMILES string of the molecule is COc1c(C)cc(C(=O)c2cccc(C)c2)cc1C. The quantitative estimate of drug-likeness (QED) is 0.778. The predicted octanol–water partition coefficient (Wildman–Crippen LogP) is 3.85. The number of ketones is 1. The third-order valence-corrected chi connectivity index (χ3v) is 3.21. The van der Waals surface area contributed by atoms with Crippen molar-refractivity contribution in [1.29, 1.82) is 0 Å². The Hall–Kier alpha value is -2.09. The van der Waals surface area contributed by atoms with Crippen molar-refractivity contribution in [2.45, 2.75) is 20.8 Å². The van der Waals surface area contributed by atoms with E-state index in [1.165, 1.54) is 0 Å². The van der Waals surface area contributed by atoms with Crippen LogP contribution in [0, 0.1) is 20.8 Å². The Balaban J connectivity index is 2.45. The molecule has 0 aliphatic carbocycles. The second kappa shape index (κ2) is 5.27. The summed E-state index contributed by atoms with van der Waals surface area (Å²) in [5, 5.41) is 0. The average molecular weight is 254 g/mol. The van der Waals surface area contributed by atoms with Gasteiger partial charge in [0.1, 0.15) is 5.75 Å². The molecule has 0 aliphatic rings. The lowest BCUT2D eigenvalue weighted by molar-refractivity contribution is 0.103. The maximum absolute atomic E-state index is 12.5. The van der Waals surface area contributed by atoms with Gasteiger partial charge in [-0.1, -0.05) is 23.8 Å². The van der Waals surface area contributed by atoms with Gasteiger partial charge in [-0.25, -0.2) is 0 Å². The van der Waals surface area contributed by atoms with Gasteiger partial charge in [0.25, 0.3) is 0 Å². The number of aryl methyl sites for hydroxylation is 3. The Morgan fingerprint density at radius 1 is 0.947 bits per heavy atom. The smallest absolute Gasteiger partial charge is 0.193 e. The Bertz CT molecular complexity index is 604. The summed E-state index contributed by atoms with van der Waals surface area (Å²) in [6.07, 6.45) is 0. The van der Waals surface area contributed by atoms with Crippen LogP contribution >= 0.6 is 0 Å². The highest BCUT2D eigenvalue weighted by atomic mass is 16.5. The van der Waals surface area contributed by atoms with E-state index in [1.807, 2.05) is 57.2 Å². The van der Waals surface area contributed by atoms with Crippen LogP contribution in [-0.4, -0.2) is 12.9 Å². The lowest BCUT2D eigenvalue weighted by Gasteiger charge is -2.11. The van der Waals surface area contributed by atoms with E-state index >= 15 is 0 Å². The summed E-state index contributed by atoms with van der Waals surface area (Å²) in [6.45, 7) is 5.90. The summed E-state index contributed by atoms with van der Waals surface area (Å²) >= 11 is 0. The van der Waals surface area contributed by atoms with Gasteiger partial charge in [-0.2, -0.15) is 0 Å². The first-order valence-electron chi connectivity index (χ1n) is 6.29. The van der Waals surface area contributed by atoms with Crippen molar-refractivity contribution in [2.24, 2.45) is 0 Å². The molecule has 19 heavy (non-hydrogen) atoms. The van der Waals surface area contributed by atoms with Crippen LogP contribution in [0.1, 0.15) is 32.6 Å². The minimum atomic E-state index is 0.0533. The normalized spacial score (nSPS) is 10.3. The molecule has 0 spiro atoms. The fourth-order valence-electron chi connectivity index (χ4n) is 2.36. The average Bonchev–Trinajstić information content (AvgIpc) is 2.37. The Kier molecular flexibility index (Phi) is 3.70. The van der Waals surface area contributed by atoms with Crippen LogP contribution in [0.15, 0.2) is 36.4 Å². The Labute approximate surface area is 114 Å². The van der Waals surface area contributed by atoms with Crippen LogP contribution in [-0.2, 0) is 0 Å². The topological polar surface area (TPSA) is 26.3 Å². The third-order valence-electron chi connectivity index (χ3n) is 3.21. The summed E-state index contributed by atoms with van der Waals surface area (Å²) in [7, 11) is 1.65. The zero-order valence-electron chi connectivity index (χ0n) is 11.8. The molecule has 0 N–H and O–H groups in total. The minimum absolute atomic E-state index is 0.0533. The van der Waals surface area contributed by atoms with Crippen LogP contribution in [0.3, 0.4) is 0 Å². The van der Waals surface area contributed by atoms with E-state index in [0.717, 1.165) is 28.0 Å². The van der Waals surface area contributed by atoms with Gasteiger partial charge >= 0.3 is 0 Å². The van der Waals surface area contributed by atoms with Crippen LogP contribution in [0.2, 0.25) is 0 Å². The summed E-state index contributed by atoms with van der Waals surface area (Å²) in [5.74, 6) is 0.901. The van der Waals surface area contributed by atoms with Crippen molar-refractivity contribution in [3.05, 3.63) is 64.2 Å². The molecule has 0 aromatic heterocycles. The molecule has 0 bridgehead atoms. The number of rotatable bonds is 3. The van der Waals surface area contributed by atoms with E-state index < -0.39 is 0 Å². The molecule has 0 atom stereocenters. The summed E-state index contributed by atoms with van der Waals surface area (Å²) < 4.78 is 5.32. The fourth-order valence-corrected chi connectivity index (χ4v) is 2.36. The summed E-state index contributed by atoms with van der Waals surface area (Å²) in [5.41, 5.74) is 4.50. The lowest BCUT2D eigenvalue weighted by Crippen LogP contribution is -2.03. The van der Waals surface area contributed by atoms with Gasteiger partial charge in [-0.05, 0) is 50.1 Å². The maximum Gasteiger partial charge on any atom is 0.193 e. The number of methoxy groups -OCH3 is 1. The van der Waals surface area contributed by atoms with Crippen molar-refractivity contribution in [1.82, 2.24) is 0 Å². The highest BCUT2D eigenvalue weighted by Gasteiger charge is 2.13. The first kappa shape index (κ1) is 13.3. The fraction of sp³-hybridized carbons (Fsp3) is 0.235. The Morgan fingerprint density at radius 3 is 2.11 bits per heavy atom. The molecule has 2 nitrogen and oxygen atoms in total. The second-order valence-electron chi connectivity index (χ2n) is 4.84. The zero-order chi connectivity index (χ0) is 14.0. The number of hydrogen-bond acceptors (Lipinski definition) is 2. The van der Waals surface area contributed by atoms with Crippen LogP contribution < -0.4 is 4.74 Å². The monoisotopic (exact) mass is 254 g/mol. The minimum Gasteiger partial charge on any atom is -0.496 e. The zero-order valence-corrected chi connectivity index (χ0v) is 11.8. The van der Waals surface area contributed by atoms with Crippen molar-refractivity contribution in [2.75, 3.05) is 7.11 Å².